The van der Waals surface area contributed by atoms with Gasteiger partial charge in [0, 0.05) is 12.2 Å². The third-order valence-corrected chi connectivity index (χ3v) is 4.17. The number of anilines is 2. The highest BCUT2D eigenvalue weighted by atomic mass is 32.1. The maximum atomic E-state index is 13.7. The summed E-state index contributed by atoms with van der Waals surface area (Å²) in [6, 6.07) is 12.0. The zero-order valence-corrected chi connectivity index (χ0v) is 15.8. The third kappa shape index (κ3) is 5.16. The summed E-state index contributed by atoms with van der Waals surface area (Å²) in [4.78, 5) is 14.0. The van der Waals surface area contributed by atoms with Crippen molar-refractivity contribution in [3.63, 3.8) is 0 Å². The predicted octanol–water partition coefficient (Wildman–Crippen LogP) is 3.80. The van der Waals surface area contributed by atoms with Crippen LogP contribution < -0.4 is 15.4 Å². The van der Waals surface area contributed by atoms with E-state index in [2.05, 4.69) is 10.6 Å². The van der Waals surface area contributed by atoms with Crippen molar-refractivity contribution < 1.29 is 13.9 Å². The number of carbonyl (C=O) groups excluding carboxylic acids is 1. The van der Waals surface area contributed by atoms with Crippen LogP contribution in [0.15, 0.2) is 42.5 Å². The van der Waals surface area contributed by atoms with Gasteiger partial charge in [-0.25, -0.2) is 4.39 Å². The van der Waals surface area contributed by atoms with Crippen molar-refractivity contribution in [2.45, 2.75) is 13.8 Å². The molecule has 2 rings (SSSR count). The molecule has 0 saturated carbocycles. The Hall–Kier alpha value is -2.67. The van der Waals surface area contributed by atoms with Crippen molar-refractivity contribution in [3.05, 3.63) is 53.8 Å². The van der Waals surface area contributed by atoms with Gasteiger partial charge >= 0.3 is 0 Å². The fraction of sp³-hybridized carbons (Fsp3) is 0.263. The van der Waals surface area contributed by atoms with Crippen LogP contribution >= 0.6 is 12.2 Å². The van der Waals surface area contributed by atoms with Gasteiger partial charge in [0.2, 0.25) is 5.91 Å². The van der Waals surface area contributed by atoms with E-state index in [0.717, 1.165) is 0 Å². The number of thiocarbonyl (C=S) groups is 1. The number of rotatable bonds is 6. The number of hydrogen-bond donors (Lipinski definition) is 2. The van der Waals surface area contributed by atoms with E-state index in [4.69, 9.17) is 17.0 Å². The zero-order valence-electron chi connectivity index (χ0n) is 15.0. The molecule has 26 heavy (non-hydrogen) atoms. The number of aryl methyl sites for hydroxylation is 1. The minimum Gasteiger partial charge on any atom is -0.495 e. The molecule has 0 aliphatic heterocycles. The average molecular weight is 375 g/mol. The number of para-hydroxylation sites is 2. The molecule has 0 aromatic heterocycles. The van der Waals surface area contributed by atoms with E-state index in [-0.39, 0.29) is 18.3 Å². The minimum atomic E-state index is -0.310. The lowest BCUT2D eigenvalue weighted by molar-refractivity contribution is -0.116. The van der Waals surface area contributed by atoms with E-state index in [1.165, 1.54) is 6.07 Å². The standard InChI is InChI=1S/C19H22FN3O2S/c1-4-23(19(26)21-14-10-9-13(2)15(20)11-14)12-18(24)22-16-7-5-6-8-17(16)25-3/h5-11H,4,12H2,1-3H3,(H,21,26)(H,22,24). The summed E-state index contributed by atoms with van der Waals surface area (Å²) >= 11 is 5.35. The van der Waals surface area contributed by atoms with Crippen LogP contribution in [0.4, 0.5) is 15.8 Å². The lowest BCUT2D eigenvalue weighted by atomic mass is 10.2. The van der Waals surface area contributed by atoms with Crippen LogP contribution in [0.2, 0.25) is 0 Å². The van der Waals surface area contributed by atoms with Gasteiger partial charge in [0.25, 0.3) is 0 Å². The maximum absolute atomic E-state index is 13.7. The highest BCUT2D eigenvalue weighted by Crippen LogP contribution is 2.23. The van der Waals surface area contributed by atoms with Gasteiger partial charge in [-0.2, -0.15) is 0 Å². The molecule has 0 unspecified atom stereocenters. The highest BCUT2D eigenvalue weighted by Gasteiger charge is 2.14. The molecule has 0 heterocycles. The van der Waals surface area contributed by atoms with Gasteiger partial charge in [0.05, 0.1) is 19.3 Å². The Bertz CT molecular complexity index is 798. The number of nitrogens with one attached hydrogen (secondary N) is 2. The predicted molar refractivity (Wildman–Crippen MR) is 106 cm³/mol. The molecule has 2 aromatic rings. The van der Waals surface area contributed by atoms with Crippen LogP contribution in [-0.4, -0.2) is 36.1 Å². The normalized spacial score (nSPS) is 10.2. The Morgan fingerprint density at radius 2 is 1.96 bits per heavy atom. The molecule has 2 aromatic carbocycles. The molecular weight excluding hydrogens is 353 g/mol. The summed E-state index contributed by atoms with van der Waals surface area (Å²) in [6.07, 6.45) is 0. The number of carbonyl (C=O) groups is 1. The second-order valence-electron chi connectivity index (χ2n) is 5.66. The van der Waals surface area contributed by atoms with Crippen LogP contribution in [0.5, 0.6) is 5.75 Å². The van der Waals surface area contributed by atoms with E-state index in [0.29, 0.717) is 34.3 Å². The second kappa shape index (κ2) is 9.15. The first-order chi connectivity index (χ1) is 12.4. The molecule has 0 fully saturated rings. The topological polar surface area (TPSA) is 53.6 Å². The monoisotopic (exact) mass is 375 g/mol. The van der Waals surface area contributed by atoms with Crippen molar-refractivity contribution >= 4 is 34.6 Å². The van der Waals surface area contributed by atoms with Crippen LogP contribution in [0.25, 0.3) is 0 Å². The number of methoxy groups -OCH3 is 1. The largest absolute Gasteiger partial charge is 0.495 e. The minimum absolute atomic E-state index is 0.0642. The number of nitrogens with zero attached hydrogens (tertiary/aromatic N) is 1. The quantitative estimate of drug-likeness (QED) is 0.752. The van der Waals surface area contributed by atoms with Crippen molar-refractivity contribution in [1.82, 2.24) is 4.90 Å². The highest BCUT2D eigenvalue weighted by molar-refractivity contribution is 7.80. The fourth-order valence-corrected chi connectivity index (χ4v) is 2.62. The molecule has 7 heteroatoms. The fourth-order valence-electron chi connectivity index (χ4n) is 2.31. The number of benzene rings is 2. The molecule has 2 N–H and O–H groups in total. The summed E-state index contributed by atoms with van der Waals surface area (Å²) in [5, 5.41) is 6.13. The lowest BCUT2D eigenvalue weighted by Gasteiger charge is -2.24. The van der Waals surface area contributed by atoms with Crippen molar-refractivity contribution in [2.24, 2.45) is 0 Å². The van der Waals surface area contributed by atoms with Gasteiger partial charge in [-0.1, -0.05) is 18.2 Å². The van der Waals surface area contributed by atoms with Gasteiger partial charge in [0.15, 0.2) is 5.11 Å². The van der Waals surface area contributed by atoms with E-state index in [9.17, 15) is 9.18 Å². The number of amides is 1. The lowest BCUT2D eigenvalue weighted by Crippen LogP contribution is -2.40. The van der Waals surface area contributed by atoms with Gasteiger partial charge in [-0.3, -0.25) is 4.79 Å². The molecular formula is C19H22FN3O2S. The molecule has 0 atom stereocenters. The Balaban J connectivity index is 1.99. The molecule has 1 amide bonds. The van der Waals surface area contributed by atoms with Gasteiger partial charge in [0.1, 0.15) is 11.6 Å². The number of ether oxygens (including phenoxy) is 1. The molecule has 0 aliphatic rings. The van der Waals surface area contributed by atoms with Crippen LogP contribution in [0, 0.1) is 12.7 Å². The van der Waals surface area contributed by atoms with Gasteiger partial charge < -0.3 is 20.3 Å². The van der Waals surface area contributed by atoms with Crippen LogP contribution in [-0.2, 0) is 4.79 Å². The van der Waals surface area contributed by atoms with Gasteiger partial charge in [-0.05, 0) is 55.9 Å². The van der Waals surface area contributed by atoms with Crippen LogP contribution in [0.1, 0.15) is 12.5 Å². The summed E-state index contributed by atoms with van der Waals surface area (Å²) in [5.74, 6) is 0.0464. The van der Waals surface area contributed by atoms with E-state index in [1.807, 2.05) is 19.1 Å². The van der Waals surface area contributed by atoms with Crippen LogP contribution in [0.3, 0.4) is 0 Å². The SMILES string of the molecule is CCN(CC(=O)Nc1ccccc1OC)C(=S)Nc1ccc(C)c(F)c1. The molecule has 0 bridgehead atoms. The molecule has 0 aliphatic carbocycles. The summed E-state index contributed by atoms with van der Waals surface area (Å²) in [7, 11) is 1.54. The second-order valence-corrected chi connectivity index (χ2v) is 6.04. The maximum Gasteiger partial charge on any atom is 0.244 e. The Kier molecular flexibility index (Phi) is 6.91. The Morgan fingerprint density at radius 3 is 2.62 bits per heavy atom. The Morgan fingerprint density at radius 1 is 1.23 bits per heavy atom. The first-order valence-corrected chi connectivity index (χ1v) is 8.60. The molecule has 5 nitrogen and oxygen atoms in total. The van der Waals surface area contributed by atoms with Gasteiger partial charge in [-0.15, -0.1) is 0 Å². The average Bonchev–Trinajstić information content (AvgIpc) is 2.63. The first kappa shape index (κ1) is 19.7. The zero-order chi connectivity index (χ0) is 19.1. The number of hydrogen-bond acceptors (Lipinski definition) is 3. The Labute approximate surface area is 158 Å². The van der Waals surface area contributed by atoms with Crippen molar-refractivity contribution in [1.29, 1.82) is 0 Å². The van der Waals surface area contributed by atoms with Crippen molar-refractivity contribution in [3.8, 4) is 5.75 Å². The smallest absolute Gasteiger partial charge is 0.244 e. The van der Waals surface area contributed by atoms with E-state index >= 15 is 0 Å². The number of likely N-dealkylation sites (N-methyl/N-ethyl adjacent to an activating group) is 1. The summed E-state index contributed by atoms with van der Waals surface area (Å²) < 4.78 is 18.9. The molecule has 0 radical (unpaired) electrons. The third-order valence-electron chi connectivity index (χ3n) is 3.81. The van der Waals surface area contributed by atoms with E-state index in [1.54, 1.807) is 43.2 Å². The van der Waals surface area contributed by atoms with Crippen molar-refractivity contribution in [2.75, 3.05) is 30.8 Å². The molecule has 0 spiro atoms. The number of halogens is 1. The summed E-state index contributed by atoms with van der Waals surface area (Å²) in [6.45, 7) is 4.17. The first-order valence-electron chi connectivity index (χ1n) is 8.19. The van der Waals surface area contributed by atoms with E-state index < -0.39 is 0 Å². The molecule has 138 valence electrons. The summed E-state index contributed by atoms with van der Waals surface area (Å²) in [5.41, 5.74) is 1.70. The molecule has 0 saturated heterocycles.